The van der Waals surface area contributed by atoms with Crippen LogP contribution in [0.15, 0.2) is 24.3 Å². The molecule has 0 fully saturated rings. The summed E-state index contributed by atoms with van der Waals surface area (Å²) in [5, 5.41) is 9.54. The van der Waals surface area contributed by atoms with E-state index >= 15 is 0 Å². The molecule has 0 spiro atoms. The Morgan fingerprint density at radius 1 is 1.20 bits per heavy atom. The van der Waals surface area contributed by atoms with E-state index in [-0.39, 0.29) is 11.1 Å². The van der Waals surface area contributed by atoms with Gasteiger partial charge >= 0.3 is 0 Å². The van der Waals surface area contributed by atoms with Crippen LogP contribution in [-0.4, -0.2) is 33.7 Å². The highest BCUT2D eigenvalue weighted by atomic mass is 28.4. The van der Waals surface area contributed by atoms with E-state index in [9.17, 15) is 5.26 Å². The molecule has 0 saturated heterocycles. The van der Waals surface area contributed by atoms with Crippen LogP contribution in [0.25, 0.3) is 0 Å². The third-order valence-electron chi connectivity index (χ3n) is 4.92. The molecule has 0 bridgehead atoms. The smallest absolute Gasteiger partial charge is 0.193 e. The molecule has 2 N–H and O–H groups in total. The van der Waals surface area contributed by atoms with Crippen LogP contribution in [0.1, 0.15) is 33.3 Å². The van der Waals surface area contributed by atoms with E-state index in [1.165, 1.54) is 0 Å². The van der Waals surface area contributed by atoms with Crippen molar-refractivity contribution in [1.29, 1.82) is 5.26 Å². The summed E-state index contributed by atoms with van der Waals surface area (Å²) in [4.78, 5) is 0. The van der Waals surface area contributed by atoms with Crippen LogP contribution in [-0.2, 0) is 15.8 Å². The van der Waals surface area contributed by atoms with E-state index in [1.54, 1.807) is 7.11 Å². The van der Waals surface area contributed by atoms with Gasteiger partial charge in [-0.25, -0.2) is 0 Å². The van der Waals surface area contributed by atoms with E-state index in [2.05, 4.69) is 39.9 Å². The predicted octanol–water partition coefficient (Wildman–Crippen LogP) is 3.84. The number of methoxy groups -OCH3 is 1. The predicted molar refractivity (Wildman–Crippen MR) is 103 cm³/mol. The molecule has 0 aromatic heterocycles. The molecule has 1 aromatic carbocycles. The van der Waals surface area contributed by atoms with Gasteiger partial charge in [0.1, 0.15) is 5.75 Å². The maximum atomic E-state index is 9.52. The summed E-state index contributed by atoms with van der Waals surface area (Å²) in [6, 6.07) is 9.39. The molecule has 0 heterocycles. The largest absolute Gasteiger partial charge is 0.497 e. The Kier molecular flexibility index (Phi) is 7.63. The van der Waals surface area contributed by atoms with Crippen molar-refractivity contribution in [2.75, 3.05) is 7.11 Å². The number of benzene rings is 1. The van der Waals surface area contributed by atoms with Crippen molar-refractivity contribution in [2.45, 2.75) is 70.7 Å². The number of hydrogen-bond donors (Lipinski definition) is 1. The second-order valence-corrected chi connectivity index (χ2v) is 12.6. The SMILES string of the molecule is COc1ccc(CO[C@H](C)[C@H](N)C(C#N)O[Si](C)(C)C(C)(C)C)cc1. The number of ether oxygens (including phenoxy) is 2. The van der Waals surface area contributed by atoms with E-state index in [4.69, 9.17) is 19.6 Å². The molecule has 1 aromatic rings. The van der Waals surface area contributed by atoms with Crippen molar-refractivity contribution < 1.29 is 13.9 Å². The Morgan fingerprint density at radius 3 is 2.20 bits per heavy atom. The number of nitrogens with two attached hydrogens (primary N) is 1. The molecule has 0 aliphatic heterocycles. The minimum atomic E-state index is -2.07. The van der Waals surface area contributed by atoms with Gasteiger partial charge in [0, 0.05) is 0 Å². The van der Waals surface area contributed by atoms with Crippen molar-refractivity contribution in [3.05, 3.63) is 29.8 Å². The number of nitrogens with zero attached hydrogens (tertiary/aromatic N) is 1. The first-order valence-electron chi connectivity index (χ1n) is 8.59. The summed E-state index contributed by atoms with van der Waals surface area (Å²) in [6.07, 6.45) is -0.969. The second-order valence-electron chi connectivity index (χ2n) is 7.87. The van der Waals surface area contributed by atoms with Gasteiger partial charge in [-0.05, 0) is 42.8 Å². The van der Waals surface area contributed by atoms with E-state index in [0.29, 0.717) is 6.61 Å². The lowest BCUT2D eigenvalue weighted by Gasteiger charge is -2.39. The number of hydrogen-bond acceptors (Lipinski definition) is 5. The standard InChI is InChI=1S/C19H32N2O3Si/c1-14(23-13-15-8-10-16(22-5)11-9-15)18(21)17(12-20)24-25(6,7)19(2,3)4/h8-11,14,17-18H,13,21H2,1-7H3/t14-,17?,18+/m1/s1. The fraction of sp³-hybridized carbons (Fsp3) is 0.632. The molecule has 1 rings (SSSR count). The summed E-state index contributed by atoms with van der Waals surface area (Å²) in [5.74, 6) is 0.806. The molecule has 0 saturated carbocycles. The average molecular weight is 365 g/mol. The molecule has 0 radical (unpaired) electrons. The van der Waals surface area contributed by atoms with Gasteiger partial charge in [-0.2, -0.15) is 5.26 Å². The van der Waals surface area contributed by atoms with Gasteiger partial charge < -0.3 is 19.6 Å². The quantitative estimate of drug-likeness (QED) is 0.709. The molecule has 5 nitrogen and oxygen atoms in total. The number of rotatable bonds is 8. The van der Waals surface area contributed by atoms with Crippen molar-refractivity contribution >= 4 is 8.32 Å². The van der Waals surface area contributed by atoms with E-state index in [0.717, 1.165) is 11.3 Å². The molecule has 6 heteroatoms. The van der Waals surface area contributed by atoms with Crippen LogP contribution in [0.4, 0.5) is 0 Å². The van der Waals surface area contributed by atoms with Crippen LogP contribution in [0, 0.1) is 11.3 Å². The molecule has 1 unspecified atom stereocenters. The third kappa shape index (κ3) is 6.12. The van der Waals surface area contributed by atoms with Gasteiger partial charge in [0.2, 0.25) is 0 Å². The zero-order chi connectivity index (χ0) is 19.3. The van der Waals surface area contributed by atoms with Crippen molar-refractivity contribution in [3.63, 3.8) is 0 Å². The van der Waals surface area contributed by atoms with Gasteiger partial charge in [0.25, 0.3) is 0 Å². The zero-order valence-electron chi connectivity index (χ0n) is 16.5. The van der Waals surface area contributed by atoms with Crippen LogP contribution in [0.5, 0.6) is 5.75 Å². The fourth-order valence-corrected chi connectivity index (χ4v) is 3.19. The zero-order valence-corrected chi connectivity index (χ0v) is 17.5. The average Bonchev–Trinajstić information content (AvgIpc) is 2.56. The maximum absolute atomic E-state index is 9.52. The highest BCUT2D eigenvalue weighted by Crippen LogP contribution is 2.37. The Balaban J connectivity index is 2.66. The van der Waals surface area contributed by atoms with Gasteiger partial charge in [-0.15, -0.1) is 0 Å². The topological polar surface area (TPSA) is 77.5 Å². The molecular formula is C19H32N2O3Si. The van der Waals surface area contributed by atoms with E-state index in [1.807, 2.05) is 31.2 Å². The summed E-state index contributed by atoms with van der Waals surface area (Å²) in [6.45, 7) is 13.0. The van der Waals surface area contributed by atoms with Gasteiger partial charge in [0.15, 0.2) is 14.4 Å². The normalized spacial score (nSPS) is 16.0. The van der Waals surface area contributed by atoms with Gasteiger partial charge in [0.05, 0.1) is 31.9 Å². The molecule has 3 atom stereocenters. The molecule has 140 valence electrons. The summed E-state index contributed by atoms with van der Waals surface area (Å²) < 4.78 is 17.2. The van der Waals surface area contributed by atoms with Crippen LogP contribution < -0.4 is 10.5 Å². The second kappa shape index (κ2) is 8.81. The Hall–Kier alpha value is -1.39. The van der Waals surface area contributed by atoms with Gasteiger partial charge in [-0.1, -0.05) is 32.9 Å². The van der Waals surface area contributed by atoms with Crippen LogP contribution in [0.3, 0.4) is 0 Å². The van der Waals surface area contributed by atoms with Crippen molar-refractivity contribution in [2.24, 2.45) is 5.73 Å². The summed E-state index contributed by atoms with van der Waals surface area (Å²) >= 11 is 0. The Morgan fingerprint density at radius 2 is 1.76 bits per heavy atom. The van der Waals surface area contributed by atoms with Crippen molar-refractivity contribution in [3.8, 4) is 11.8 Å². The monoisotopic (exact) mass is 364 g/mol. The summed E-state index contributed by atoms with van der Waals surface area (Å²) in [7, 11) is -0.431. The highest BCUT2D eigenvalue weighted by molar-refractivity contribution is 6.74. The molecular weight excluding hydrogens is 332 g/mol. The van der Waals surface area contributed by atoms with Crippen molar-refractivity contribution in [1.82, 2.24) is 0 Å². The van der Waals surface area contributed by atoms with Gasteiger partial charge in [-0.3, -0.25) is 0 Å². The highest BCUT2D eigenvalue weighted by Gasteiger charge is 2.41. The Labute approximate surface area is 153 Å². The molecule has 0 amide bonds. The lowest BCUT2D eigenvalue weighted by molar-refractivity contribution is 0.0125. The lowest BCUT2D eigenvalue weighted by Crippen LogP contribution is -2.52. The van der Waals surface area contributed by atoms with Crippen LogP contribution >= 0.6 is 0 Å². The first kappa shape index (κ1) is 21.6. The molecule has 0 aliphatic carbocycles. The first-order chi connectivity index (χ1) is 11.5. The number of nitriles is 1. The summed E-state index contributed by atoms with van der Waals surface area (Å²) in [5.41, 5.74) is 7.29. The molecule has 25 heavy (non-hydrogen) atoms. The van der Waals surface area contributed by atoms with E-state index < -0.39 is 20.5 Å². The molecule has 0 aliphatic rings. The van der Waals surface area contributed by atoms with Crippen LogP contribution in [0.2, 0.25) is 18.1 Å². The Bertz CT molecular complexity index is 576. The fourth-order valence-electron chi connectivity index (χ4n) is 1.99. The first-order valence-corrected chi connectivity index (χ1v) is 11.5. The minimum absolute atomic E-state index is 0.0228. The lowest BCUT2D eigenvalue weighted by atomic mass is 10.1. The minimum Gasteiger partial charge on any atom is -0.497 e. The third-order valence-corrected chi connectivity index (χ3v) is 9.37. The maximum Gasteiger partial charge on any atom is 0.193 e.